The fourth-order valence-corrected chi connectivity index (χ4v) is 0.560. The minimum absolute atomic E-state index is 0.0648. The molecule has 0 aliphatic carbocycles. The zero-order valence-electron chi connectivity index (χ0n) is 5.60. The summed E-state index contributed by atoms with van der Waals surface area (Å²) in [4.78, 5) is 10.2. The minimum Gasteiger partial charge on any atom is -0.480 e. The second-order valence-corrected chi connectivity index (χ2v) is 1.98. The van der Waals surface area contributed by atoms with Gasteiger partial charge in [0.2, 0.25) is 12.3 Å². The first-order valence-electron chi connectivity index (χ1n) is 2.93. The molecule has 1 heterocycles. The molecule has 60 valence electrons. The summed E-state index contributed by atoms with van der Waals surface area (Å²) >= 11 is 0. The lowest BCUT2D eigenvalue weighted by molar-refractivity contribution is -0.138. The van der Waals surface area contributed by atoms with Crippen molar-refractivity contribution in [1.29, 1.82) is 0 Å². The summed E-state index contributed by atoms with van der Waals surface area (Å²) in [7, 11) is 0. The smallest absolute Gasteiger partial charge is 0.321 e. The summed E-state index contributed by atoms with van der Waals surface area (Å²) in [5, 5.41) is 15.2. The average molecular weight is 157 g/mol. The molecule has 0 saturated heterocycles. The van der Waals surface area contributed by atoms with Crippen molar-refractivity contribution in [3.63, 3.8) is 0 Å². The van der Waals surface area contributed by atoms with Gasteiger partial charge in [0.15, 0.2) is 0 Å². The van der Waals surface area contributed by atoms with E-state index in [4.69, 9.17) is 10.8 Å². The van der Waals surface area contributed by atoms with E-state index in [9.17, 15) is 4.79 Å². The van der Waals surface area contributed by atoms with Gasteiger partial charge in [-0.1, -0.05) is 0 Å². The molecule has 0 radical (unpaired) electrons. The van der Waals surface area contributed by atoms with Crippen LogP contribution in [0.3, 0.4) is 0 Å². The van der Waals surface area contributed by atoms with Gasteiger partial charge in [0.1, 0.15) is 6.04 Å². The van der Waals surface area contributed by atoms with Crippen molar-refractivity contribution in [3.8, 4) is 0 Å². The molecule has 0 saturated carbocycles. The number of carboxylic acid groups (broad SMARTS) is 1. The van der Waals surface area contributed by atoms with Crippen molar-refractivity contribution in [2.75, 3.05) is 0 Å². The largest absolute Gasteiger partial charge is 0.480 e. The first kappa shape index (κ1) is 7.67. The van der Waals surface area contributed by atoms with E-state index in [1.165, 1.54) is 0 Å². The minimum atomic E-state index is -1.08. The number of aromatic nitrogens is 2. The Bertz CT molecular complexity index is 233. The van der Waals surface area contributed by atoms with Crippen LogP contribution in [0.25, 0.3) is 0 Å². The lowest BCUT2D eigenvalue weighted by Crippen LogP contribution is -2.32. The zero-order chi connectivity index (χ0) is 8.27. The number of hydrogen-bond donors (Lipinski definition) is 2. The SMILES string of the molecule is NC(Cc1nnco1)C(=O)O. The maximum Gasteiger partial charge on any atom is 0.321 e. The van der Waals surface area contributed by atoms with Gasteiger partial charge in [-0.15, -0.1) is 10.2 Å². The maximum atomic E-state index is 10.2. The van der Waals surface area contributed by atoms with Crippen LogP contribution >= 0.6 is 0 Å². The van der Waals surface area contributed by atoms with Gasteiger partial charge in [-0.25, -0.2) is 0 Å². The topological polar surface area (TPSA) is 102 Å². The van der Waals surface area contributed by atoms with Gasteiger partial charge in [-0.2, -0.15) is 0 Å². The van der Waals surface area contributed by atoms with Crippen LogP contribution in [-0.2, 0) is 11.2 Å². The first-order valence-corrected chi connectivity index (χ1v) is 2.93. The summed E-state index contributed by atoms with van der Waals surface area (Å²) in [6.45, 7) is 0. The van der Waals surface area contributed by atoms with E-state index in [1.54, 1.807) is 0 Å². The molecule has 11 heavy (non-hydrogen) atoms. The molecule has 6 heteroatoms. The van der Waals surface area contributed by atoms with E-state index in [0.717, 1.165) is 6.39 Å². The normalized spacial score (nSPS) is 12.8. The molecule has 0 bridgehead atoms. The monoisotopic (exact) mass is 157 g/mol. The molecule has 1 atom stereocenters. The predicted molar refractivity (Wildman–Crippen MR) is 33.6 cm³/mol. The van der Waals surface area contributed by atoms with Gasteiger partial charge in [-0.05, 0) is 0 Å². The quantitative estimate of drug-likeness (QED) is 0.584. The van der Waals surface area contributed by atoms with E-state index in [-0.39, 0.29) is 12.3 Å². The van der Waals surface area contributed by atoms with Crippen molar-refractivity contribution >= 4 is 5.97 Å². The van der Waals surface area contributed by atoms with E-state index in [0.29, 0.717) is 0 Å². The Morgan fingerprint density at radius 1 is 1.91 bits per heavy atom. The van der Waals surface area contributed by atoms with Crippen LogP contribution in [0.2, 0.25) is 0 Å². The molecule has 1 rings (SSSR count). The molecule has 0 aliphatic rings. The number of rotatable bonds is 3. The molecule has 0 aromatic carbocycles. The van der Waals surface area contributed by atoms with Gasteiger partial charge >= 0.3 is 5.97 Å². The number of nitrogens with two attached hydrogens (primary N) is 1. The maximum absolute atomic E-state index is 10.2. The average Bonchev–Trinajstić information content (AvgIpc) is 2.39. The van der Waals surface area contributed by atoms with Crippen molar-refractivity contribution in [3.05, 3.63) is 12.3 Å². The Hall–Kier alpha value is -1.43. The number of carboxylic acids is 1. The molecule has 3 N–H and O–H groups in total. The molecule has 0 amide bonds. The number of hydrogen-bond acceptors (Lipinski definition) is 5. The van der Waals surface area contributed by atoms with Gasteiger partial charge in [0.25, 0.3) is 0 Å². The third-order valence-corrected chi connectivity index (χ3v) is 1.12. The highest BCUT2D eigenvalue weighted by Gasteiger charge is 2.14. The Morgan fingerprint density at radius 2 is 2.64 bits per heavy atom. The molecule has 1 aromatic heterocycles. The molecule has 0 spiro atoms. The summed E-state index contributed by atoms with van der Waals surface area (Å²) < 4.78 is 4.69. The molecule has 1 aromatic rings. The van der Waals surface area contributed by atoms with Gasteiger partial charge in [0.05, 0.1) is 6.42 Å². The lowest BCUT2D eigenvalue weighted by atomic mass is 10.2. The van der Waals surface area contributed by atoms with Crippen LogP contribution in [0.5, 0.6) is 0 Å². The lowest BCUT2D eigenvalue weighted by Gasteiger charge is -1.99. The van der Waals surface area contributed by atoms with Crippen LogP contribution in [0.15, 0.2) is 10.8 Å². The van der Waals surface area contributed by atoms with E-state index in [1.807, 2.05) is 0 Å². The van der Waals surface area contributed by atoms with Crippen LogP contribution in [0.1, 0.15) is 5.89 Å². The summed E-state index contributed by atoms with van der Waals surface area (Å²) in [6.07, 6.45) is 1.19. The van der Waals surface area contributed by atoms with Crippen LogP contribution in [0, 0.1) is 0 Å². The fourth-order valence-electron chi connectivity index (χ4n) is 0.560. The summed E-state index contributed by atoms with van der Waals surface area (Å²) in [5.74, 6) is -0.844. The van der Waals surface area contributed by atoms with Gasteiger partial charge in [0, 0.05) is 0 Å². The highest BCUT2D eigenvalue weighted by atomic mass is 16.4. The first-order chi connectivity index (χ1) is 5.20. The Labute approximate surface area is 62.0 Å². The zero-order valence-corrected chi connectivity index (χ0v) is 5.60. The number of nitrogens with zero attached hydrogens (tertiary/aromatic N) is 2. The number of carbonyl (C=O) groups is 1. The molecular formula is C5H7N3O3. The van der Waals surface area contributed by atoms with Crippen molar-refractivity contribution in [2.24, 2.45) is 5.73 Å². The second-order valence-electron chi connectivity index (χ2n) is 1.98. The van der Waals surface area contributed by atoms with Gasteiger partial charge in [-0.3, -0.25) is 4.79 Å². The molecule has 6 nitrogen and oxygen atoms in total. The van der Waals surface area contributed by atoms with E-state index >= 15 is 0 Å². The second kappa shape index (κ2) is 3.11. The third-order valence-electron chi connectivity index (χ3n) is 1.12. The van der Waals surface area contributed by atoms with Crippen molar-refractivity contribution in [1.82, 2.24) is 10.2 Å². The number of aliphatic carboxylic acids is 1. The summed E-state index contributed by atoms with van der Waals surface area (Å²) in [6, 6.07) is -0.976. The van der Waals surface area contributed by atoms with E-state index < -0.39 is 12.0 Å². The van der Waals surface area contributed by atoms with Crippen molar-refractivity contribution < 1.29 is 14.3 Å². The molecular weight excluding hydrogens is 150 g/mol. The van der Waals surface area contributed by atoms with Crippen LogP contribution in [0.4, 0.5) is 0 Å². The highest BCUT2D eigenvalue weighted by Crippen LogP contribution is 1.95. The molecule has 0 aliphatic heterocycles. The predicted octanol–water partition coefficient (Wildman–Crippen LogP) is -0.976. The van der Waals surface area contributed by atoms with Gasteiger partial charge < -0.3 is 15.3 Å². The van der Waals surface area contributed by atoms with Crippen LogP contribution in [-0.4, -0.2) is 27.3 Å². The molecule has 1 unspecified atom stereocenters. The standard InChI is InChI=1S/C5H7N3O3/c6-3(5(9)10)1-4-8-7-2-11-4/h2-3H,1,6H2,(H,9,10). The molecule has 0 fully saturated rings. The summed E-state index contributed by atoms with van der Waals surface area (Å²) in [5.41, 5.74) is 5.18. The Kier molecular flexibility index (Phi) is 2.17. The van der Waals surface area contributed by atoms with E-state index in [2.05, 4.69) is 14.6 Å². The van der Waals surface area contributed by atoms with Crippen LogP contribution < -0.4 is 5.73 Å². The third kappa shape index (κ3) is 2.01. The Morgan fingerprint density at radius 3 is 3.09 bits per heavy atom. The fraction of sp³-hybridized carbons (Fsp3) is 0.400. The Balaban J connectivity index is 2.50. The van der Waals surface area contributed by atoms with Crippen molar-refractivity contribution in [2.45, 2.75) is 12.5 Å². The highest BCUT2D eigenvalue weighted by molar-refractivity contribution is 5.73.